The number of carbonyl (C=O) groups excluding carboxylic acids is 1. The van der Waals surface area contributed by atoms with Gasteiger partial charge >= 0.3 is 0 Å². The monoisotopic (exact) mass is 397 g/mol. The third-order valence-corrected chi connectivity index (χ3v) is 3.92. The number of hydrogen-bond donors (Lipinski definition) is 2. The van der Waals surface area contributed by atoms with Crippen molar-refractivity contribution in [2.24, 2.45) is 0 Å². The smallest absolute Gasteiger partial charge is 0.263 e. The molecule has 0 saturated heterocycles. The van der Waals surface area contributed by atoms with E-state index in [4.69, 9.17) is 21.1 Å². The highest BCUT2D eigenvalue weighted by Crippen LogP contribution is 2.20. The molecule has 6 nitrogen and oxygen atoms in total. The minimum atomic E-state index is -0.297. The summed E-state index contributed by atoms with van der Waals surface area (Å²) in [5, 5.41) is 6.54. The summed E-state index contributed by atoms with van der Waals surface area (Å²) in [6.07, 6.45) is 1.64. The normalized spacial score (nSPS) is 10.2. The second-order valence-corrected chi connectivity index (χ2v) is 6.24. The summed E-state index contributed by atoms with van der Waals surface area (Å²) in [4.78, 5) is 16.2. The van der Waals surface area contributed by atoms with Crippen molar-refractivity contribution in [1.29, 1.82) is 0 Å². The first-order valence-electron chi connectivity index (χ1n) is 8.76. The van der Waals surface area contributed by atoms with E-state index in [-0.39, 0.29) is 12.5 Å². The van der Waals surface area contributed by atoms with E-state index >= 15 is 0 Å². The Labute approximate surface area is 168 Å². The standard InChI is InChI=1S/C21H20ClN3O3/c1-2-27-18-10-5-16(6-11-18)24-17-7-12-20(23-13-17)25-21(26)14-28-19-8-3-15(22)4-9-19/h3-13,24H,2,14H2,1H3,(H,23,25,26). The number of benzene rings is 2. The van der Waals surface area contributed by atoms with Gasteiger partial charge in [0.05, 0.1) is 18.5 Å². The second-order valence-electron chi connectivity index (χ2n) is 5.81. The van der Waals surface area contributed by atoms with Crippen LogP contribution in [0.25, 0.3) is 0 Å². The Morgan fingerprint density at radius 3 is 2.21 bits per heavy atom. The first-order valence-corrected chi connectivity index (χ1v) is 9.14. The van der Waals surface area contributed by atoms with E-state index in [0.29, 0.717) is 23.2 Å². The highest BCUT2D eigenvalue weighted by Gasteiger charge is 2.05. The molecule has 3 aromatic rings. The van der Waals surface area contributed by atoms with Gasteiger partial charge in [0.15, 0.2) is 6.61 Å². The Morgan fingerprint density at radius 2 is 1.57 bits per heavy atom. The Hall–Kier alpha value is -3.25. The molecule has 0 atom stereocenters. The summed E-state index contributed by atoms with van der Waals surface area (Å²) in [7, 11) is 0. The number of aromatic nitrogens is 1. The minimum Gasteiger partial charge on any atom is -0.494 e. The van der Waals surface area contributed by atoms with Gasteiger partial charge in [-0.25, -0.2) is 4.98 Å². The zero-order chi connectivity index (χ0) is 19.8. The van der Waals surface area contributed by atoms with Gasteiger partial charge in [-0.2, -0.15) is 0 Å². The number of carbonyl (C=O) groups is 1. The zero-order valence-electron chi connectivity index (χ0n) is 15.3. The first kappa shape index (κ1) is 19.5. The molecule has 2 aromatic carbocycles. The van der Waals surface area contributed by atoms with Crippen LogP contribution in [0.2, 0.25) is 5.02 Å². The van der Waals surface area contributed by atoms with Crippen LogP contribution in [-0.4, -0.2) is 24.1 Å². The second kappa shape index (κ2) is 9.62. The molecule has 0 saturated carbocycles. The number of hydrogen-bond acceptors (Lipinski definition) is 5. The molecule has 144 valence electrons. The summed E-state index contributed by atoms with van der Waals surface area (Å²) in [5.41, 5.74) is 1.72. The van der Waals surface area contributed by atoms with Crippen molar-refractivity contribution in [3.63, 3.8) is 0 Å². The maximum absolute atomic E-state index is 12.0. The summed E-state index contributed by atoms with van der Waals surface area (Å²) in [5.74, 6) is 1.55. The zero-order valence-corrected chi connectivity index (χ0v) is 16.1. The highest BCUT2D eigenvalue weighted by molar-refractivity contribution is 6.30. The van der Waals surface area contributed by atoms with E-state index in [1.165, 1.54) is 0 Å². The number of pyridine rings is 1. The lowest BCUT2D eigenvalue weighted by molar-refractivity contribution is -0.118. The summed E-state index contributed by atoms with van der Waals surface area (Å²) >= 11 is 5.81. The lowest BCUT2D eigenvalue weighted by Gasteiger charge is -2.09. The Balaban J connectivity index is 1.49. The number of rotatable bonds is 8. The molecule has 0 unspecified atom stereocenters. The van der Waals surface area contributed by atoms with Crippen molar-refractivity contribution in [3.05, 3.63) is 71.9 Å². The predicted octanol–water partition coefficient (Wildman–Crippen LogP) is 4.89. The fraction of sp³-hybridized carbons (Fsp3) is 0.143. The topological polar surface area (TPSA) is 72.5 Å². The van der Waals surface area contributed by atoms with Crippen molar-refractivity contribution in [1.82, 2.24) is 4.98 Å². The van der Waals surface area contributed by atoms with Gasteiger partial charge in [0.25, 0.3) is 5.91 Å². The molecular formula is C21H20ClN3O3. The number of halogens is 1. The van der Waals surface area contributed by atoms with E-state index in [1.807, 2.05) is 37.3 Å². The van der Waals surface area contributed by atoms with Crippen molar-refractivity contribution in [2.75, 3.05) is 23.8 Å². The van der Waals surface area contributed by atoms with Crippen molar-refractivity contribution >= 4 is 34.7 Å². The van der Waals surface area contributed by atoms with E-state index in [0.717, 1.165) is 17.1 Å². The van der Waals surface area contributed by atoms with Crippen LogP contribution in [0.5, 0.6) is 11.5 Å². The quantitative estimate of drug-likeness (QED) is 0.566. The van der Waals surface area contributed by atoms with Crippen LogP contribution < -0.4 is 20.1 Å². The molecule has 1 aromatic heterocycles. The molecule has 0 spiro atoms. The van der Waals surface area contributed by atoms with Gasteiger partial charge in [0.2, 0.25) is 0 Å². The van der Waals surface area contributed by atoms with Gasteiger partial charge in [-0.05, 0) is 67.6 Å². The number of ether oxygens (including phenoxy) is 2. The maximum atomic E-state index is 12.0. The lowest BCUT2D eigenvalue weighted by Crippen LogP contribution is -2.20. The van der Waals surface area contributed by atoms with Crippen LogP contribution in [0.4, 0.5) is 17.2 Å². The Kier molecular flexibility index (Phi) is 6.70. The number of amides is 1. The van der Waals surface area contributed by atoms with Gasteiger partial charge < -0.3 is 20.1 Å². The number of anilines is 3. The van der Waals surface area contributed by atoms with Crippen LogP contribution in [-0.2, 0) is 4.79 Å². The fourth-order valence-electron chi connectivity index (χ4n) is 2.37. The number of nitrogens with one attached hydrogen (secondary N) is 2. The molecule has 0 aliphatic carbocycles. The predicted molar refractivity (Wildman–Crippen MR) is 111 cm³/mol. The summed E-state index contributed by atoms with van der Waals surface area (Å²) in [6, 6.07) is 18.0. The molecule has 7 heteroatoms. The molecule has 0 aliphatic heterocycles. The van der Waals surface area contributed by atoms with E-state index in [2.05, 4.69) is 15.6 Å². The average Bonchev–Trinajstić information content (AvgIpc) is 2.71. The molecule has 2 N–H and O–H groups in total. The number of nitrogens with zero attached hydrogens (tertiary/aromatic N) is 1. The van der Waals surface area contributed by atoms with Crippen molar-refractivity contribution < 1.29 is 14.3 Å². The molecule has 28 heavy (non-hydrogen) atoms. The van der Waals surface area contributed by atoms with Crippen LogP contribution in [0, 0.1) is 0 Å². The van der Waals surface area contributed by atoms with Gasteiger partial charge in [0.1, 0.15) is 17.3 Å². The molecule has 3 rings (SSSR count). The van der Waals surface area contributed by atoms with Gasteiger partial charge in [-0.3, -0.25) is 4.79 Å². The highest BCUT2D eigenvalue weighted by atomic mass is 35.5. The minimum absolute atomic E-state index is 0.116. The van der Waals surface area contributed by atoms with E-state index < -0.39 is 0 Å². The summed E-state index contributed by atoms with van der Waals surface area (Å²) in [6.45, 7) is 2.46. The van der Waals surface area contributed by atoms with Gasteiger partial charge in [0, 0.05) is 10.7 Å². The summed E-state index contributed by atoms with van der Waals surface area (Å²) < 4.78 is 10.8. The van der Waals surface area contributed by atoms with E-state index in [1.54, 1.807) is 36.5 Å². The third kappa shape index (κ3) is 5.89. The van der Waals surface area contributed by atoms with Crippen LogP contribution in [0.1, 0.15) is 6.92 Å². The lowest BCUT2D eigenvalue weighted by atomic mass is 10.3. The maximum Gasteiger partial charge on any atom is 0.263 e. The Bertz CT molecular complexity index is 898. The van der Waals surface area contributed by atoms with E-state index in [9.17, 15) is 4.79 Å². The molecule has 1 heterocycles. The molecule has 0 fully saturated rings. The van der Waals surface area contributed by atoms with Crippen molar-refractivity contribution in [2.45, 2.75) is 6.92 Å². The fourth-order valence-corrected chi connectivity index (χ4v) is 2.49. The molecule has 1 amide bonds. The largest absolute Gasteiger partial charge is 0.494 e. The third-order valence-electron chi connectivity index (χ3n) is 3.67. The average molecular weight is 398 g/mol. The molecule has 0 aliphatic rings. The van der Waals surface area contributed by atoms with Gasteiger partial charge in [-0.15, -0.1) is 0 Å². The van der Waals surface area contributed by atoms with Gasteiger partial charge in [-0.1, -0.05) is 11.6 Å². The van der Waals surface area contributed by atoms with Crippen LogP contribution in [0.3, 0.4) is 0 Å². The molecular weight excluding hydrogens is 378 g/mol. The van der Waals surface area contributed by atoms with Crippen molar-refractivity contribution in [3.8, 4) is 11.5 Å². The SMILES string of the molecule is CCOc1ccc(Nc2ccc(NC(=O)COc3ccc(Cl)cc3)nc2)cc1. The van der Waals surface area contributed by atoms with Crippen LogP contribution >= 0.6 is 11.6 Å². The molecule has 0 bridgehead atoms. The Morgan fingerprint density at radius 1 is 0.929 bits per heavy atom. The first-order chi connectivity index (χ1) is 13.6. The van der Waals surface area contributed by atoms with Crippen LogP contribution in [0.15, 0.2) is 66.9 Å². The molecule has 0 radical (unpaired) electrons.